The van der Waals surface area contributed by atoms with Gasteiger partial charge >= 0.3 is 0 Å². The molecule has 1 heterocycles. The number of nitrogens with one attached hydrogen (secondary N) is 1. The summed E-state index contributed by atoms with van der Waals surface area (Å²) in [7, 11) is -1.64. The summed E-state index contributed by atoms with van der Waals surface area (Å²) in [4.78, 5) is 0. The van der Waals surface area contributed by atoms with Crippen LogP contribution in [0.2, 0.25) is 0 Å². The highest BCUT2D eigenvalue weighted by molar-refractivity contribution is 7.90. The number of sulfonamides is 1. The molecule has 0 aromatic rings. The minimum absolute atomic E-state index is 0.00106. The van der Waals surface area contributed by atoms with Crippen molar-refractivity contribution in [2.24, 2.45) is 0 Å². The fourth-order valence-electron chi connectivity index (χ4n) is 2.28. The summed E-state index contributed by atoms with van der Waals surface area (Å²) >= 11 is 0. The number of hydrogen-bond donors (Lipinski definition) is 1. The van der Waals surface area contributed by atoms with Crippen LogP contribution in [0, 0.1) is 11.3 Å². The topological polar surface area (TPSA) is 73.2 Å². The third-order valence-corrected chi connectivity index (χ3v) is 5.51. The van der Waals surface area contributed by atoms with Gasteiger partial charge in [-0.3, -0.25) is 0 Å². The van der Waals surface area contributed by atoms with Crippen molar-refractivity contribution in [1.82, 2.24) is 9.62 Å². The Bertz CT molecular complexity index is 373. The van der Waals surface area contributed by atoms with E-state index >= 15 is 0 Å². The molecule has 1 fully saturated rings. The summed E-state index contributed by atoms with van der Waals surface area (Å²) in [5.41, 5.74) is 0. The van der Waals surface area contributed by atoms with Crippen molar-refractivity contribution in [3.63, 3.8) is 0 Å². The molecule has 0 radical (unpaired) electrons. The summed E-state index contributed by atoms with van der Waals surface area (Å²) in [5, 5.41) is 11.1. The maximum Gasteiger partial charge on any atom is 0.230 e. The molecule has 0 aromatic heterocycles. The van der Waals surface area contributed by atoms with Crippen LogP contribution in [0.5, 0.6) is 0 Å². The van der Waals surface area contributed by atoms with Crippen molar-refractivity contribution in [3.8, 4) is 6.07 Å². The second-order valence-corrected chi connectivity index (χ2v) is 6.46. The normalized spacial score (nSPS) is 24.2. The molecule has 6 heteroatoms. The second kappa shape index (κ2) is 6.34. The average molecular weight is 259 g/mol. The van der Waals surface area contributed by atoms with Crippen LogP contribution in [0.25, 0.3) is 0 Å². The van der Waals surface area contributed by atoms with Crippen LogP contribution in [-0.4, -0.2) is 44.2 Å². The minimum atomic E-state index is -3.46. The monoisotopic (exact) mass is 259 g/mol. The molecule has 0 spiro atoms. The van der Waals surface area contributed by atoms with Gasteiger partial charge in [-0.25, -0.2) is 8.42 Å². The molecule has 0 aliphatic carbocycles. The van der Waals surface area contributed by atoms with E-state index in [1.165, 1.54) is 4.31 Å². The SMILES string of the molecule is CCC(C#N)S(=O)(=O)N1CCCCC1CNC. The van der Waals surface area contributed by atoms with Crippen molar-refractivity contribution in [1.29, 1.82) is 5.26 Å². The van der Waals surface area contributed by atoms with Gasteiger partial charge in [-0.05, 0) is 26.3 Å². The Morgan fingerprint density at radius 3 is 2.76 bits per heavy atom. The first-order chi connectivity index (χ1) is 8.07. The Morgan fingerprint density at radius 1 is 1.53 bits per heavy atom. The molecular weight excluding hydrogens is 238 g/mol. The van der Waals surface area contributed by atoms with E-state index < -0.39 is 15.3 Å². The lowest BCUT2D eigenvalue weighted by Gasteiger charge is -2.35. The summed E-state index contributed by atoms with van der Waals surface area (Å²) in [6.45, 7) is 2.94. The predicted octanol–water partition coefficient (Wildman–Crippen LogP) is 0.692. The molecule has 98 valence electrons. The van der Waals surface area contributed by atoms with E-state index in [2.05, 4.69) is 5.32 Å². The standard InChI is InChI=1S/C11H21N3O2S/c1-3-11(8-12)17(15,16)14-7-5-4-6-10(14)9-13-2/h10-11,13H,3-7,9H2,1-2H3. The number of rotatable bonds is 5. The highest BCUT2D eigenvalue weighted by atomic mass is 32.2. The first kappa shape index (κ1) is 14.4. The molecule has 1 aliphatic rings. The van der Waals surface area contributed by atoms with Gasteiger partial charge in [0.1, 0.15) is 0 Å². The zero-order valence-electron chi connectivity index (χ0n) is 10.5. The third-order valence-electron chi connectivity index (χ3n) is 3.21. The van der Waals surface area contributed by atoms with Gasteiger partial charge in [-0.1, -0.05) is 13.3 Å². The summed E-state index contributed by atoms with van der Waals surface area (Å²) < 4.78 is 26.1. The lowest BCUT2D eigenvalue weighted by Crippen LogP contribution is -2.50. The lowest BCUT2D eigenvalue weighted by molar-refractivity contribution is 0.247. The maximum atomic E-state index is 12.3. The average Bonchev–Trinajstić information content (AvgIpc) is 2.31. The van der Waals surface area contributed by atoms with E-state index in [4.69, 9.17) is 5.26 Å². The van der Waals surface area contributed by atoms with Crippen LogP contribution in [0.15, 0.2) is 0 Å². The molecule has 0 saturated carbocycles. The van der Waals surface area contributed by atoms with E-state index in [1.807, 2.05) is 13.1 Å². The Balaban J connectivity index is 2.91. The first-order valence-electron chi connectivity index (χ1n) is 6.12. The largest absolute Gasteiger partial charge is 0.318 e. The van der Waals surface area contributed by atoms with E-state index in [-0.39, 0.29) is 6.04 Å². The number of nitrogens with zero attached hydrogens (tertiary/aromatic N) is 2. The van der Waals surface area contributed by atoms with Gasteiger partial charge in [-0.15, -0.1) is 0 Å². The van der Waals surface area contributed by atoms with Crippen LogP contribution < -0.4 is 5.32 Å². The zero-order valence-corrected chi connectivity index (χ0v) is 11.3. The van der Waals surface area contributed by atoms with Gasteiger partial charge in [-0.2, -0.15) is 9.57 Å². The molecule has 17 heavy (non-hydrogen) atoms. The van der Waals surface area contributed by atoms with Crippen molar-refractivity contribution < 1.29 is 8.42 Å². The van der Waals surface area contributed by atoms with Crippen molar-refractivity contribution in [2.75, 3.05) is 20.1 Å². The van der Waals surface area contributed by atoms with Crippen LogP contribution >= 0.6 is 0 Å². The van der Waals surface area contributed by atoms with Crippen LogP contribution in [0.3, 0.4) is 0 Å². The quantitative estimate of drug-likeness (QED) is 0.788. The molecule has 1 aliphatic heterocycles. The molecule has 1 N–H and O–H groups in total. The summed E-state index contributed by atoms with van der Waals surface area (Å²) in [6.07, 6.45) is 3.17. The van der Waals surface area contributed by atoms with E-state index in [9.17, 15) is 8.42 Å². The maximum absolute atomic E-state index is 12.3. The number of nitriles is 1. The third kappa shape index (κ3) is 3.18. The zero-order chi connectivity index (χ0) is 12.9. The Hall–Kier alpha value is -0.640. The van der Waals surface area contributed by atoms with Crippen molar-refractivity contribution in [2.45, 2.75) is 43.9 Å². The number of hydrogen-bond acceptors (Lipinski definition) is 4. The lowest BCUT2D eigenvalue weighted by atomic mass is 10.1. The number of piperidine rings is 1. The van der Waals surface area contributed by atoms with E-state index in [0.29, 0.717) is 19.5 Å². The Labute approximate surface area is 104 Å². The molecular formula is C11H21N3O2S. The highest BCUT2D eigenvalue weighted by Crippen LogP contribution is 2.23. The molecule has 2 atom stereocenters. The number of likely N-dealkylation sites (N-methyl/N-ethyl adjacent to an activating group) is 1. The minimum Gasteiger partial charge on any atom is -0.318 e. The van der Waals surface area contributed by atoms with Crippen LogP contribution in [-0.2, 0) is 10.0 Å². The van der Waals surface area contributed by atoms with Crippen molar-refractivity contribution in [3.05, 3.63) is 0 Å². The van der Waals surface area contributed by atoms with Crippen molar-refractivity contribution >= 4 is 10.0 Å². The Kier molecular flexibility index (Phi) is 5.37. The smallest absolute Gasteiger partial charge is 0.230 e. The Morgan fingerprint density at radius 2 is 2.24 bits per heavy atom. The molecule has 0 amide bonds. The van der Waals surface area contributed by atoms with Gasteiger partial charge in [0.25, 0.3) is 0 Å². The second-order valence-electron chi connectivity index (χ2n) is 4.39. The first-order valence-corrected chi connectivity index (χ1v) is 7.63. The van der Waals surface area contributed by atoms with Gasteiger partial charge in [0, 0.05) is 19.1 Å². The molecule has 0 aromatic carbocycles. The molecule has 1 rings (SSSR count). The van der Waals surface area contributed by atoms with Gasteiger partial charge in [0.15, 0.2) is 5.25 Å². The summed E-state index contributed by atoms with van der Waals surface area (Å²) in [5.74, 6) is 0. The van der Waals surface area contributed by atoms with Gasteiger partial charge in [0.05, 0.1) is 6.07 Å². The van der Waals surface area contributed by atoms with Gasteiger partial charge in [0.2, 0.25) is 10.0 Å². The van der Waals surface area contributed by atoms with E-state index in [0.717, 1.165) is 19.3 Å². The van der Waals surface area contributed by atoms with Crippen LogP contribution in [0.4, 0.5) is 0 Å². The van der Waals surface area contributed by atoms with E-state index in [1.54, 1.807) is 6.92 Å². The molecule has 2 unspecified atom stereocenters. The van der Waals surface area contributed by atoms with Gasteiger partial charge < -0.3 is 5.32 Å². The fraction of sp³-hybridized carbons (Fsp3) is 0.909. The predicted molar refractivity (Wildman–Crippen MR) is 66.9 cm³/mol. The molecule has 5 nitrogen and oxygen atoms in total. The summed E-state index contributed by atoms with van der Waals surface area (Å²) in [6, 6.07) is 1.90. The fourth-order valence-corrected chi connectivity index (χ4v) is 4.14. The molecule has 1 saturated heterocycles. The molecule has 0 bridgehead atoms. The van der Waals surface area contributed by atoms with Crippen LogP contribution in [0.1, 0.15) is 32.6 Å². The highest BCUT2D eigenvalue weighted by Gasteiger charge is 2.36.